The van der Waals surface area contributed by atoms with Gasteiger partial charge in [0.15, 0.2) is 0 Å². The zero-order chi connectivity index (χ0) is 23.4. The fourth-order valence-electron chi connectivity index (χ4n) is 3.85. The number of aliphatic hydroxyl groups excluding tert-OH is 1. The molecule has 0 aliphatic carbocycles. The van der Waals surface area contributed by atoms with E-state index in [1.54, 1.807) is 29.2 Å². The molecule has 2 N–H and O–H groups in total. The monoisotopic (exact) mass is 452 g/mol. The van der Waals surface area contributed by atoms with Crippen LogP contribution in [0.5, 0.6) is 0 Å². The second-order valence-electron chi connectivity index (χ2n) is 7.72. The summed E-state index contributed by atoms with van der Waals surface area (Å²) in [5.41, 5.74) is 1.94. The minimum atomic E-state index is -0.838. The molecule has 1 saturated heterocycles. The molecule has 170 valence electrons. The second-order valence-corrected chi connectivity index (χ2v) is 7.72. The Bertz CT molecular complexity index is 1120. The quantitative estimate of drug-likeness (QED) is 0.598. The molecule has 0 unspecified atom stereocenters. The summed E-state index contributed by atoms with van der Waals surface area (Å²) < 4.78 is 32.5. The Balaban J connectivity index is 1.49. The summed E-state index contributed by atoms with van der Waals surface area (Å²) >= 11 is 0. The fourth-order valence-corrected chi connectivity index (χ4v) is 3.85. The number of nitrogens with one attached hydrogen (secondary N) is 1. The van der Waals surface area contributed by atoms with Gasteiger partial charge < -0.3 is 20.1 Å². The van der Waals surface area contributed by atoms with Gasteiger partial charge in [0, 0.05) is 23.9 Å². The van der Waals surface area contributed by atoms with Gasteiger partial charge in [-0.05, 0) is 35.4 Å². The third kappa shape index (κ3) is 5.24. The molecule has 2 amide bonds. The van der Waals surface area contributed by atoms with Crippen molar-refractivity contribution in [1.29, 1.82) is 0 Å². The van der Waals surface area contributed by atoms with Crippen LogP contribution in [0.2, 0.25) is 0 Å². The second kappa shape index (κ2) is 9.89. The van der Waals surface area contributed by atoms with Gasteiger partial charge in [-0.2, -0.15) is 0 Å². The van der Waals surface area contributed by atoms with E-state index in [2.05, 4.69) is 5.32 Å². The van der Waals surface area contributed by atoms with Crippen LogP contribution in [0, 0.1) is 11.6 Å². The van der Waals surface area contributed by atoms with Crippen molar-refractivity contribution in [3.05, 3.63) is 101 Å². The molecule has 0 bridgehead atoms. The summed E-state index contributed by atoms with van der Waals surface area (Å²) in [6.07, 6.45) is -0.557. The van der Waals surface area contributed by atoms with Crippen LogP contribution in [-0.4, -0.2) is 41.1 Å². The number of halogens is 2. The number of carbonyl (C=O) groups is 2. The van der Waals surface area contributed by atoms with Crippen molar-refractivity contribution in [1.82, 2.24) is 4.90 Å². The molecule has 2 atom stereocenters. The van der Waals surface area contributed by atoms with E-state index in [0.29, 0.717) is 18.3 Å². The number of nitrogens with zero attached hydrogens (tertiary/aromatic N) is 1. The van der Waals surface area contributed by atoms with Gasteiger partial charge in [-0.15, -0.1) is 0 Å². The first-order valence-electron chi connectivity index (χ1n) is 10.4. The average Bonchev–Trinajstić information content (AvgIpc) is 2.81. The van der Waals surface area contributed by atoms with Crippen LogP contribution in [0.4, 0.5) is 14.5 Å². The lowest BCUT2D eigenvalue weighted by atomic mass is 9.98. The lowest BCUT2D eigenvalue weighted by Gasteiger charge is -2.40. The number of hydrogen-bond donors (Lipinski definition) is 2. The molecule has 4 rings (SSSR count). The minimum Gasteiger partial charge on any atom is -0.394 e. The highest BCUT2D eigenvalue weighted by atomic mass is 19.1. The third-order valence-electron chi connectivity index (χ3n) is 5.46. The number of rotatable bonds is 6. The molecule has 0 saturated carbocycles. The van der Waals surface area contributed by atoms with Crippen LogP contribution in [0.15, 0.2) is 72.8 Å². The van der Waals surface area contributed by atoms with Gasteiger partial charge in [-0.3, -0.25) is 9.59 Å². The molecule has 0 aromatic heterocycles. The van der Waals surface area contributed by atoms with E-state index >= 15 is 0 Å². The van der Waals surface area contributed by atoms with Gasteiger partial charge in [-0.1, -0.05) is 42.5 Å². The summed E-state index contributed by atoms with van der Waals surface area (Å²) in [7, 11) is 0. The van der Waals surface area contributed by atoms with Crippen LogP contribution in [-0.2, 0) is 16.1 Å². The molecule has 6 nitrogen and oxygen atoms in total. The van der Waals surface area contributed by atoms with Crippen molar-refractivity contribution in [2.75, 3.05) is 18.5 Å². The molecule has 3 aromatic carbocycles. The maximum atomic E-state index is 13.4. The van der Waals surface area contributed by atoms with Gasteiger partial charge in [-0.25, -0.2) is 8.78 Å². The lowest BCUT2D eigenvalue weighted by molar-refractivity contribution is -0.162. The van der Waals surface area contributed by atoms with Crippen molar-refractivity contribution >= 4 is 17.5 Å². The van der Waals surface area contributed by atoms with Crippen molar-refractivity contribution in [2.24, 2.45) is 0 Å². The Labute approximate surface area is 189 Å². The summed E-state index contributed by atoms with van der Waals surface area (Å²) in [4.78, 5) is 26.4. The first-order chi connectivity index (χ1) is 15.9. The maximum Gasteiger partial charge on any atom is 0.255 e. The van der Waals surface area contributed by atoms with Gasteiger partial charge in [0.2, 0.25) is 5.91 Å². The first-order valence-corrected chi connectivity index (χ1v) is 10.4. The van der Waals surface area contributed by atoms with Crippen LogP contribution >= 0.6 is 0 Å². The Morgan fingerprint density at radius 2 is 1.70 bits per heavy atom. The lowest BCUT2D eigenvalue weighted by Crippen LogP contribution is -2.52. The zero-order valence-corrected chi connectivity index (χ0v) is 17.6. The van der Waals surface area contributed by atoms with E-state index in [1.165, 1.54) is 0 Å². The summed E-state index contributed by atoms with van der Waals surface area (Å²) in [5, 5.41) is 12.6. The van der Waals surface area contributed by atoms with Crippen LogP contribution < -0.4 is 5.32 Å². The Morgan fingerprint density at radius 1 is 1.03 bits per heavy atom. The number of carbonyl (C=O) groups excluding carboxylic acids is 2. The third-order valence-corrected chi connectivity index (χ3v) is 5.46. The van der Waals surface area contributed by atoms with E-state index < -0.39 is 29.7 Å². The number of aliphatic hydroxyl groups is 1. The Hall–Kier alpha value is -3.62. The van der Waals surface area contributed by atoms with E-state index in [1.807, 2.05) is 30.3 Å². The van der Waals surface area contributed by atoms with Gasteiger partial charge in [0.1, 0.15) is 24.3 Å². The highest BCUT2D eigenvalue weighted by Gasteiger charge is 2.37. The number of amides is 2. The van der Waals surface area contributed by atoms with Crippen LogP contribution in [0.25, 0.3) is 0 Å². The molecule has 1 aliphatic heterocycles. The smallest absolute Gasteiger partial charge is 0.255 e. The standard InChI is InChI=1S/C25H22F2N2O4/c26-19-10-18(11-20(27)12-19)25(32)28-21-8-6-17(7-9-21)24-22(14-30)29(23(31)15-33-24)13-16-4-2-1-3-5-16/h1-12,22,24,30H,13-15H2,(H,28,32)/t22-,24-/m1/s1. The molecule has 3 aromatic rings. The number of benzene rings is 3. The normalized spacial score (nSPS) is 18.3. The van der Waals surface area contributed by atoms with Crippen LogP contribution in [0.1, 0.15) is 27.6 Å². The van der Waals surface area contributed by atoms with E-state index in [4.69, 9.17) is 4.74 Å². The number of ether oxygens (including phenoxy) is 1. The Kier molecular flexibility index (Phi) is 6.76. The summed E-state index contributed by atoms with van der Waals surface area (Å²) in [6, 6.07) is 18.2. The topological polar surface area (TPSA) is 78.9 Å². The van der Waals surface area contributed by atoms with Crippen molar-refractivity contribution in [3.63, 3.8) is 0 Å². The van der Waals surface area contributed by atoms with Crippen molar-refractivity contribution in [2.45, 2.75) is 18.7 Å². The summed E-state index contributed by atoms with van der Waals surface area (Å²) in [6.45, 7) is -0.0480. The molecule has 1 aliphatic rings. The molecule has 33 heavy (non-hydrogen) atoms. The molecule has 1 heterocycles. The molecular weight excluding hydrogens is 430 g/mol. The molecule has 0 spiro atoms. The Morgan fingerprint density at radius 3 is 2.33 bits per heavy atom. The van der Waals surface area contributed by atoms with Gasteiger partial charge in [0.05, 0.1) is 12.6 Å². The number of hydrogen-bond acceptors (Lipinski definition) is 4. The fraction of sp³-hybridized carbons (Fsp3) is 0.200. The number of anilines is 1. The molecule has 8 heteroatoms. The van der Waals surface area contributed by atoms with Crippen molar-refractivity contribution < 1.29 is 28.2 Å². The van der Waals surface area contributed by atoms with Gasteiger partial charge >= 0.3 is 0 Å². The predicted molar refractivity (Wildman–Crippen MR) is 117 cm³/mol. The van der Waals surface area contributed by atoms with E-state index in [9.17, 15) is 23.5 Å². The summed E-state index contributed by atoms with van der Waals surface area (Å²) in [5.74, 6) is -2.53. The first kappa shape index (κ1) is 22.6. The molecular formula is C25H22F2N2O4. The highest BCUT2D eigenvalue weighted by Crippen LogP contribution is 2.31. The SMILES string of the molecule is O=C(Nc1ccc([C@H]2OCC(=O)N(Cc3ccccc3)[C@@H]2CO)cc1)c1cc(F)cc(F)c1. The molecule has 0 radical (unpaired) electrons. The van der Waals surface area contributed by atoms with Crippen LogP contribution in [0.3, 0.4) is 0 Å². The van der Waals surface area contributed by atoms with E-state index in [0.717, 1.165) is 23.3 Å². The maximum absolute atomic E-state index is 13.4. The van der Waals surface area contributed by atoms with Gasteiger partial charge in [0.25, 0.3) is 5.91 Å². The largest absolute Gasteiger partial charge is 0.394 e. The predicted octanol–water partition coefficient (Wildman–Crippen LogP) is 3.68. The van der Waals surface area contributed by atoms with Crippen molar-refractivity contribution in [3.8, 4) is 0 Å². The number of morpholine rings is 1. The zero-order valence-electron chi connectivity index (χ0n) is 17.6. The average molecular weight is 452 g/mol. The van der Waals surface area contributed by atoms with E-state index in [-0.39, 0.29) is 24.7 Å². The highest BCUT2D eigenvalue weighted by molar-refractivity contribution is 6.04. The minimum absolute atomic E-state index is 0.113. The molecule has 1 fully saturated rings.